The lowest BCUT2D eigenvalue weighted by molar-refractivity contribution is -0.138. The van der Waals surface area contributed by atoms with E-state index in [1.54, 1.807) is 0 Å². The molecule has 7 heteroatoms. The van der Waals surface area contributed by atoms with Crippen LogP contribution >= 0.6 is 11.6 Å². The van der Waals surface area contributed by atoms with Crippen molar-refractivity contribution < 1.29 is 9.59 Å². The molecule has 2 N–H and O–H groups in total. The predicted octanol–water partition coefficient (Wildman–Crippen LogP) is 5.83. The number of allylic oxidation sites excluding steroid dienone is 2. The number of hydrogen-bond donors (Lipinski definition) is 2. The number of piperidine rings is 1. The van der Waals surface area contributed by atoms with Crippen molar-refractivity contribution in [2.24, 2.45) is 34.5 Å². The molecular formula is C29H37ClN4O2. The van der Waals surface area contributed by atoms with Crippen LogP contribution in [-0.2, 0) is 16.1 Å². The van der Waals surface area contributed by atoms with Gasteiger partial charge in [0, 0.05) is 35.5 Å². The highest BCUT2D eigenvalue weighted by Gasteiger charge is 2.61. The summed E-state index contributed by atoms with van der Waals surface area (Å²) in [5.74, 6) is 2.95. The Morgan fingerprint density at radius 1 is 1.22 bits per heavy atom. The molecule has 2 amide bonds. The number of carbonyl (C=O) groups is 2. The summed E-state index contributed by atoms with van der Waals surface area (Å²) in [5.41, 5.74) is 4.53. The smallest absolute Gasteiger partial charge is 0.226 e. The Labute approximate surface area is 218 Å². The molecule has 0 unspecified atom stereocenters. The molecule has 1 aliphatic heterocycles. The van der Waals surface area contributed by atoms with Crippen LogP contribution in [0.25, 0.3) is 11.0 Å². The molecule has 0 bridgehead atoms. The average molecular weight is 509 g/mol. The van der Waals surface area contributed by atoms with Crippen LogP contribution < -0.4 is 5.32 Å². The summed E-state index contributed by atoms with van der Waals surface area (Å²) >= 11 is 6.10. The first-order chi connectivity index (χ1) is 17.1. The van der Waals surface area contributed by atoms with Gasteiger partial charge in [-0.1, -0.05) is 31.0 Å². The highest BCUT2D eigenvalue weighted by molar-refractivity contribution is 6.31. The molecule has 2 saturated carbocycles. The zero-order chi connectivity index (χ0) is 25.4. The van der Waals surface area contributed by atoms with Crippen LogP contribution in [0.2, 0.25) is 5.02 Å². The maximum absolute atomic E-state index is 13.5. The number of aromatic nitrogens is 2. The number of amides is 2. The quantitative estimate of drug-likeness (QED) is 0.547. The van der Waals surface area contributed by atoms with Crippen LogP contribution in [0.3, 0.4) is 0 Å². The molecule has 0 radical (unpaired) electrons. The number of nitrogens with one attached hydrogen (secondary N) is 2. The second kappa shape index (κ2) is 8.34. The Morgan fingerprint density at radius 3 is 2.83 bits per heavy atom. The van der Waals surface area contributed by atoms with Crippen molar-refractivity contribution in [3.05, 3.63) is 40.3 Å². The first-order valence-electron chi connectivity index (χ1n) is 13.5. The molecule has 36 heavy (non-hydrogen) atoms. The van der Waals surface area contributed by atoms with Crippen LogP contribution in [0.5, 0.6) is 0 Å². The lowest BCUT2D eigenvalue weighted by atomic mass is 9.48. The molecule has 1 aromatic carbocycles. The Bertz CT molecular complexity index is 1280. The summed E-state index contributed by atoms with van der Waals surface area (Å²) in [6.45, 7) is 7.43. The standard InChI is InChI=1S/C29H37ClN4O2/c1-16-13-18-19-6-7-21(27(36)31-15-24-32-22-8-5-17(30)14-23(22)33-24)28(19,2)11-9-20(18)29(3)12-10-25(35)34(4)26(16)29/h5,8,14,18-21H,6-7,9-13,15H2,1-4H3,(H,31,36)(H,32,33)/t18-,19-,20-,21+,28-,29+/m0/s1. The third-order valence-electron chi connectivity index (χ3n) is 10.5. The van der Waals surface area contributed by atoms with Gasteiger partial charge >= 0.3 is 0 Å². The van der Waals surface area contributed by atoms with Crippen LogP contribution in [0.15, 0.2) is 29.5 Å². The van der Waals surface area contributed by atoms with Gasteiger partial charge in [-0.2, -0.15) is 0 Å². The third-order valence-corrected chi connectivity index (χ3v) is 10.8. The minimum atomic E-state index is 0.0250. The number of carbonyl (C=O) groups excluding carboxylic acids is 2. The molecular weight excluding hydrogens is 472 g/mol. The number of halogens is 1. The van der Waals surface area contributed by atoms with Crippen molar-refractivity contribution in [1.82, 2.24) is 20.2 Å². The number of imidazole rings is 1. The summed E-state index contributed by atoms with van der Waals surface area (Å²) in [4.78, 5) is 35.9. The summed E-state index contributed by atoms with van der Waals surface area (Å²) in [6, 6.07) is 5.59. The fourth-order valence-corrected chi connectivity index (χ4v) is 9.12. The monoisotopic (exact) mass is 508 g/mol. The Balaban J connectivity index is 1.20. The maximum Gasteiger partial charge on any atom is 0.226 e. The number of H-pyrrole nitrogens is 1. The van der Waals surface area contributed by atoms with E-state index in [1.165, 1.54) is 11.3 Å². The lowest BCUT2D eigenvalue weighted by Crippen LogP contribution is -2.55. The number of aromatic amines is 1. The fraction of sp³-hybridized carbons (Fsp3) is 0.621. The van der Waals surface area contributed by atoms with Crippen molar-refractivity contribution in [3.8, 4) is 0 Å². The van der Waals surface area contributed by atoms with Crippen LogP contribution in [0, 0.1) is 34.5 Å². The van der Waals surface area contributed by atoms with Gasteiger partial charge in [-0.25, -0.2) is 4.98 Å². The molecule has 6 nitrogen and oxygen atoms in total. The van der Waals surface area contributed by atoms with Gasteiger partial charge in [0.1, 0.15) is 5.82 Å². The largest absolute Gasteiger partial charge is 0.349 e. The number of nitrogens with zero attached hydrogens (tertiary/aromatic N) is 2. The van der Waals surface area contributed by atoms with E-state index >= 15 is 0 Å². The lowest BCUT2D eigenvalue weighted by Gasteiger charge is -2.59. The highest BCUT2D eigenvalue weighted by Crippen LogP contribution is 2.66. The van der Waals surface area contributed by atoms with Crippen molar-refractivity contribution >= 4 is 34.4 Å². The molecule has 192 valence electrons. The van der Waals surface area contributed by atoms with Gasteiger partial charge in [-0.15, -0.1) is 0 Å². The zero-order valence-electron chi connectivity index (χ0n) is 21.8. The molecule has 1 saturated heterocycles. The van der Waals surface area contributed by atoms with Crippen molar-refractivity contribution in [2.45, 2.75) is 72.3 Å². The fourth-order valence-electron chi connectivity index (χ4n) is 8.95. The summed E-state index contributed by atoms with van der Waals surface area (Å²) in [7, 11) is 1.97. The molecule has 3 fully saturated rings. The number of likely N-dealkylation sites (tertiary alicyclic amines) is 1. The molecule has 6 rings (SSSR count). The SMILES string of the molecule is CC1=C2N(C)C(=O)CC[C@]2(C)[C@H]2CC[C@]3(C)[C@@H](C(=O)NCc4nc5ccc(Cl)cc5[nH]4)CC[C@H]3[C@@H]2C1. The van der Waals surface area contributed by atoms with E-state index in [4.69, 9.17) is 11.6 Å². The molecule has 2 heterocycles. The van der Waals surface area contributed by atoms with Crippen molar-refractivity contribution in [3.63, 3.8) is 0 Å². The van der Waals surface area contributed by atoms with Crippen LogP contribution in [0.1, 0.15) is 71.5 Å². The summed E-state index contributed by atoms with van der Waals surface area (Å²) in [5, 5.41) is 3.87. The summed E-state index contributed by atoms with van der Waals surface area (Å²) in [6.07, 6.45) is 6.96. The number of hydrogen-bond acceptors (Lipinski definition) is 3. The van der Waals surface area contributed by atoms with E-state index in [0.29, 0.717) is 35.7 Å². The van der Waals surface area contributed by atoms with Crippen molar-refractivity contribution in [1.29, 1.82) is 0 Å². The van der Waals surface area contributed by atoms with Crippen LogP contribution in [-0.4, -0.2) is 33.7 Å². The van der Waals surface area contributed by atoms with Gasteiger partial charge in [0.05, 0.1) is 17.6 Å². The number of fused-ring (bicyclic) bond motifs is 6. The van der Waals surface area contributed by atoms with E-state index in [-0.39, 0.29) is 28.6 Å². The van der Waals surface area contributed by atoms with Gasteiger partial charge < -0.3 is 15.2 Å². The van der Waals surface area contributed by atoms with Crippen LogP contribution in [0.4, 0.5) is 0 Å². The van der Waals surface area contributed by atoms with Gasteiger partial charge in [0.2, 0.25) is 11.8 Å². The van der Waals surface area contributed by atoms with E-state index in [2.05, 4.69) is 36.1 Å². The van der Waals surface area contributed by atoms with E-state index in [1.807, 2.05) is 30.1 Å². The molecule has 1 aromatic heterocycles. The Morgan fingerprint density at radius 2 is 2.03 bits per heavy atom. The first-order valence-corrected chi connectivity index (χ1v) is 13.9. The van der Waals surface area contributed by atoms with E-state index in [0.717, 1.165) is 55.4 Å². The highest BCUT2D eigenvalue weighted by atomic mass is 35.5. The molecule has 6 atom stereocenters. The normalized spacial score (nSPS) is 36.0. The van der Waals surface area contributed by atoms with Gasteiger partial charge in [0.25, 0.3) is 0 Å². The van der Waals surface area contributed by atoms with Crippen molar-refractivity contribution in [2.75, 3.05) is 7.05 Å². The molecule has 2 aromatic rings. The summed E-state index contributed by atoms with van der Waals surface area (Å²) < 4.78 is 0. The van der Waals surface area contributed by atoms with Gasteiger partial charge in [-0.3, -0.25) is 9.59 Å². The third kappa shape index (κ3) is 3.47. The second-order valence-electron chi connectivity index (χ2n) is 12.3. The molecule has 4 aliphatic rings. The average Bonchev–Trinajstić information content (AvgIpc) is 3.40. The minimum absolute atomic E-state index is 0.0250. The Hall–Kier alpha value is -2.34. The minimum Gasteiger partial charge on any atom is -0.349 e. The maximum atomic E-state index is 13.5. The molecule has 3 aliphatic carbocycles. The number of rotatable bonds is 3. The van der Waals surface area contributed by atoms with Gasteiger partial charge in [-0.05, 0) is 86.8 Å². The van der Waals surface area contributed by atoms with E-state index in [9.17, 15) is 9.59 Å². The van der Waals surface area contributed by atoms with E-state index < -0.39 is 0 Å². The second-order valence-corrected chi connectivity index (χ2v) is 12.8. The van der Waals surface area contributed by atoms with Gasteiger partial charge in [0.15, 0.2) is 0 Å². The first kappa shape index (κ1) is 24.0. The number of benzene rings is 1. The Kier molecular flexibility index (Phi) is 5.56. The predicted molar refractivity (Wildman–Crippen MR) is 141 cm³/mol. The molecule has 0 spiro atoms. The zero-order valence-corrected chi connectivity index (χ0v) is 22.5. The topological polar surface area (TPSA) is 78.1 Å².